The quantitative estimate of drug-likeness (QED) is 0.613. The van der Waals surface area contributed by atoms with Crippen LogP contribution in [0.3, 0.4) is 0 Å². The minimum absolute atomic E-state index is 0.0276. The number of alkyl halides is 3. The van der Waals surface area contributed by atoms with E-state index in [1.54, 1.807) is 18.5 Å². The molecule has 0 bridgehead atoms. The minimum atomic E-state index is -4.81. The van der Waals surface area contributed by atoms with E-state index in [-0.39, 0.29) is 30.6 Å². The predicted octanol–water partition coefficient (Wildman–Crippen LogP) is 1.88. The molecule has 0 spiro atoms. The van der Waals surface area contributed by atoms with Gasteiger partial charge in [0.15, 0.2) is 5.03 Å². The van der Waals surface area contributed by atoms with E-state index in [0.29, 0.717) is 24.2 Å². The molecule has 1 aromatic carbocycles. The Morgan fingerprint density at radius 2 is 1.88 bits per heavy atom. The van der Waals surface area contributed by atoms with E-state index in [2.05, 4.69) is 15.0 Å². The number of aliphatic hydroxyl groups is 1. The van der Waals surface area contributed by atoms with Crippen molar-refractivity contribution in [3.05, 3.63) is 41.9 Å². The van der Waals surface area contributed by atoms with E-state index in [1.165, 1.54) is 22.6 Å². The van der Waals surface area contributed by atoms with Crippen LogP contribution in [0, 0.1) is 12.8 Å². The number of nitrogens with zero attached hydrogens (tertiary/aromatic N) is 3. The van der Waals surface area contributed by atoms with Crippen molar-refractivity contribution in [2.24, 2.45) is 13.0 Å². The van der Waals surface area contributed by atoms with Crippen molar-refractivity contribution in [2.45, 2.75) is 37.3 Å². The van der Waals surface area contributed by atoms with E-state index in [0.717, 1.165) is 12.1 Å². The van der Waals surface area contributed by atoms with Crippen LogP contribution in [0.5, 0.6) is 5.75 Å². The number of imidazole rings is 1. The number of carbonyl (C=O) groups excluding carboxylic acids is 1. The summed E-state index contributed by atoms with van der Waals surface area (Å²) in [7, 11) is -2.04. The minimum Gasteiger partial charge on any atom is -0.406 e. The van der Waals surface area contributed by atoms with Gasteiger partial charge in [-0.25, -0.2) is 13.4 Å². The number of nitrogens with one attached hydrogen (secondary N) is 1. The number of halogens is 3. The maximum absolute atomic E-state index is 12.7. The Morgan fingerprint density at radius 1 is 1.27 bits per heavy atom. The Hall–Kier alpha value is -2.64. The number of rotatable bonds is 7. The number of sulfonamides is 1. The van der Waals surface area contributed by atoms with E-state index in [9.17, 15) is 31.5 Å². The maximum atomic E-state index is 12.7. The summed E-state index contributed by atoms with van der Waals surface area (Å²) in [4.78, 5) is 16.5. The molecule has 1 aliphatic heterocycles. The van der Waals surface area contributed by atoms with Crippen molar-refractivity contribution in [1.29, 1.82) is 0 Å². The fourth-order valence-electron chi connectivity index (χ4n) is 3.49. The Balaban J connectivity index is 1.49. The highest BCUT2D eigenvalue weighted by atomic mass is 32.2. The van der Waals surface area contributed by atoms with Crippen molar-refractivity contribution >= 4 is 15.9 Å². The number of hydrogen-bond acceptors (Lipinski definition) is 6. The number of aryl methyl sites for hydroxylation is 2. The molecule has 0 saturated carbocycles. The first-order valence-corrected chi connectivity index (χ1v) is 11.6. The highest BCUT2D eigenvalue weighted by molar-refractivity contribution is 7.89. The van der Waals surface area contributed by atoms with Gasteiger partial charge in [-0.1, -0.05) is 12.1 Å². The van der Waals surface area contributed by atoms with Gasteiger partial charge in [-0.3, -0.25) is 4.79 Å². The lowest BCUT2D eigenvalue weighted by Gasteiger charge is -2.30. The molecule has 33 heavy (non-hydrogen) atoms. The molecule has 1 fully saturated rings. The summed E-state index contributed by atoms with van der Waals surface area (Å²) in [6, 6.07) is 4.71. The first-order chi connectivity index (χ1) is 15.4. The molecular weight excluding hydrogens is 465 g/mol. The SMILES string of the molecule is Cc1nc(S(=O)(=O)N2CCC(C(=O)NCC(O)c3ccc(OC(F)(F)F)cc3)CC2)cn1C. The summed E-state index contributed by atoms with van der Waals surface area (Å²) in [6.45, 7) is 1.90. The molecule has 0 radical (unpaired) electrons. The summed E-state index contributed by atoms with van der Waals surface area (Å²) in [5.41, 5.74) is 0.316. The summed E-state index contributed by atoms with van der Waals surface area (Å²) in [6.07, 6.45) is -3.85. The molecule has 9 nitrogen and oxygen atoms in total. The lowest BCUT2D eigenvalue weighted by atomic mass is 9.97. The third-order valence-corrected chi connectivity index (χ3v) is 7.25. The molecule has 182 valence electrons. The Morgan fingerprint density at radius 3 is 2.39 bits per heavy atom. The van der Waals surface area contributed by atoms with Gasteiger partial charge in [0.1, 0.15) is 11.6 Å². The van der Waals surface area contributed by atoms with E-state index < -0.39 is 34.2 Å². The second-order valence-corrected chi connectivity index (χ2v) is 9.68. The number of aromatic nitrogens is 2. The van der Waals surface area contributed by atoms with Gasteiger partial charge in [0.2, 0.25) is 5.91 Å². The number of benzene rings is 1. The summed E-state index contributed by atoms with van der Waals surface area (Å²) in [5, 5.41) is 12.8. The molecule has 1 atom stereocenters. The lowest BCUT2D eigenvalue weighted by Crippen LogP contribution is -2.43. The zero-order chi connectivity index (χ0) is 24.4. The third-order valence-electron chi connectivity index (χ3n) is 5.48. The molecular formula is C20H25F3N4O5S. The fraction of sp³-hybridized carbons (Fsp3) is 0.500. The van der Waals surface area contributed by atoms with Gasteiger partial charge in [-0.2, -0.15) is 4.31 Å². The van der Waals surface area contributed by atoms with Crippen molar-refractivity contribution in [3.8, 4) is 5.75 Å². The van der Waals surface area contributed by atoms with Gasteiger partial charge in [0.25, 0.3) is 10.0 Å². The zero-order valence-electron chi connectivity index (χ0n) is 18.0. The second kappa shape index (κ2) is 9.69. The van der Waals surface area contributed by atoms with Gasteiger partial charge < -0.3 is 19.7 Å². The normalized spacial score (nSPS) is 17.0. The Labute approximate surface area is 189 Å². The van der Waals surface area contributed by atoms with Crippen molar-refractivity contribution in [3.63, 3.8) is 0 Å². The van der Waals surface area contributed by atoms with Gasteiger partial charge >= 0.3 is 6.36 Å². The van der Waals surface area contributed by atoms with Gasteiger partial charge in [-0.15, -0.1) is 13.2 Å². The molecule has 1 aromatic heterocycles. The van der Waals surface area contributed by atoms with Crippen LogP contribution in [-0.4, -0.2) is 59.3 Å². The molecule has 0 aliphatic carbocycles. The maximum Gasteiger partial charge on any atom is 0.573 e. The van der Waals surface area contributed by atoms with E-state index in [1.807, 2.05) is 0 Å². The lowest BCUT2D eigenvalue weighted by molar-refractivity contribution is -0.274. The molecule has 1 aliphatic rings. The molecule has 2 N–H and O–H groups in total. The molecule has 3 rings (SSSR count). The first-order valence-electron chi connectivity index (χ1n) is 10.2. The average Bonchev–Trinajstić information content (AvgIpc) is 3.10. The number of amides is 1. The zero-order valence-corrected chi connectivity index (χ0v) is 18.9. The summed E-state index contributed by atoms with van der Waals surface area (Å²) >= 11 is 0. The van der Waals surface area contributed by atoms with Crippen molar-refractivity contribution < 1.29 is 36.2 Å². The van der Waals surface area contributed by atoms with Gasteiger partial charge in [-0.05, 0) is 37.5 Å². The predicted molar refractivity (Wildman–Crippen MR) is 111 cm³/mol. The average molecular weight is 491 g/mol. The largest absolute Gasteiger partial charge is 0.573 e. The fourth-order valence-corrected chi connectivity index (χ4v) is 4.99. The van der Waals surface area contributed by atoms with Crippen LogP contribution in [-0.2, 0) is 21.9 Å². The second-order valence-electron chi connectivity index (χ2n) is 7.79. The standard InChI is InChI=1S/C20H25F3N4O5S/c1-13-25-18(12-26(13)2)33(30,31)27-9-7-15(8-10-27)19(29)24-11-17(28)14-3-5-16(6-4-14)32-20(21,22)23/h3-6,12,15,17,28H,7-11H2,1-2H3,(H,24,29). The van der Waals surface area contributed by atoms with E-state index >= 15 is 0 Å². The van der Waals surface area contributed by atoms with Crippen LogP contribution >= 0.6 is 0 Å². The number of aliphatic hydroxyl groups excluding tert-OH is 1. The van der Waals surface area contributed by atoms with Crippen molar-refractivity contribution in [1.82, 2.24) is 19.2 Å². The van der Waals surface area contributed by atoms with Crippen LogP contribution in [0.25, 0.3) is 0 Å². The number of piperidine rings is 1. The Bertz CT molecular complexity index is 1060. The number of ether oxygens (including phenoxy) is 1. The monoisotopic (exact) mass is 490 g/mol. The molecule has 1 saturated heterocycles. The molecule has 2 heterocycles. The van der Waals surface area contributed by atoms with Crippen LogP contribution < -0.4 is 10.1 Å². The highest BCUT2D eigenvalue weighted by Crippen LogP contribution is 2.25. The smallest absolute Gasteiger partial charge is 0.406 e. The Kier molecular flexibility index (Phi) is 7.34. The van der Waals surface area contributed by atoms with Crippen LogP contribution in [0.2, 0.25) is 0 Å². The number of hydrogen-bond donors (Lipinski definition) is 2. The molecule has 1 unspecified atom stereocenters. The topological polar surface area (TPSA) is 114 Å². The summed E-state index contributed by atoms with van der Waals surface area (Å²) in [5.74, 6) is -0.581. The molecule has 2 aromatic rings. The van der Waals surface area contributed by atoms with Crippen LogP contribution in [0.4, 0.5) is 13.2 Å². The molecule has 1 amide bonds. The summed E-state index contributed by atoms with van der Waals surface area (Å²) < 4.78 is 68.9. The van der Waals surface area contributed by atoms with Gasteiger partial charge in [0, 0.05) is 38.8 Å². The van der Waals surface area contributed by atoms with Gasteiger partial charge in [0.05, 0.1) is 6.10 Å². The number of carbonyl (C=O) groups is 1. The molecule has 13 heteroatoms. The van der Waals surface area contributed by atoms with Crippen LogP contribution in [0.1, 0.15) is 30.3 Å². The van der Waals surface area contributed by atoms with Crippen molar-refractivity contribution in [2.75, 3.05) is 19.6 Å². The first kappa shape index (κ1) is 25.0. The van der Waals surface area contributed by atoms with Crippen LogP contribution in [0.15, 0.2) is 35.5 Å². The third kappa shape index (κ3) is 6.24. The van der Waals surface area contributed by atoms with E-state index in [4.69, 9.17) is 0 Å². The highest BCUT2D eigenvalue weighted by Gasteiger charge is 2.34.